The van der Waals surface area contributed by atoms with E-state index in [4.69, 9.17) is 11.6 Å². The van der Waals surface area contributed by atoms with Crippen molar-refractivity contribution in [2.24, 2.45) is 0 Å². The van der Waals surface area contributed by atoms with Crippen LogP contribution in [0.5, 0.6) is 5.88 Å². The average Bonchev–Trinajstić information content (AvgIpc) is 3.33. The Labute approximate surface area is 213 Å². The van der Waals surface area contributed by atoms with Crippen LogP contribution in [0.3, 0.4) is 0 Å². The number of nitrogens with zero attached hydrogens (tertiary/aromatic N) is 4. The summed E-state index contributed by atoms with van der Waals surface area (Å²) in [6.07, 6.45) is 3.46. The van der Waals surface area contributed by atoms with E-state index in [1.54, 1.807) is 71.6 Å². The Balaban J connectivity index is 1.80. The summed E-state index contributed by atoms with van der Waals surface area (Å²) in [4.78, 5) is 28.9. The monoisotopic (exact) mass is 498 g/mol. The average molecular weight is 499 g/mol. The summed E-state index contributed by atoms with van der Waals surface area (Å²) in [6, 6.07) is 19.1. The molecule has 0 fully saturated rings. The van der Waals surface area contributed by atoms with Crippen molar-refractivity contribution in [2.45, 2.75) is 26.7 Å². The lowest BCUT2D eigenvalue weighted by molar-refractivity contribution is -0.577. The third-order valence-electron chi connectivity index (χ3n) is 6.02. The fourth-order valence-corrected chi connectivity index (χ4v) is 4.47. The second kappa shape index (κ2) is 9.09. The summed E-state index contributed by atoms with van der Waals surface area (Å²) in [5.41, 5.74) is 2.55. The molecule has 1 aliphatic heterocycles. The van der Waals surface area contributed by atoms with Crippen LogP contribution in [0.1, 0.15) is 36.6 Å². The molecule has 0 radical (unpaired) electrons. The number of amides is 2. The minimum atomic E-state index is -0.565. The number of carbonyl (C=O) groups is 2. The van der Waals surface area contributed by atoms with Gasteiger partial charge in [0.15, 0.2) is 12.4 Å². The van der Waals surface area contributed by atoms with Crippen LogP contribution in [0, 0.1) is 6.92 Å². The Morgan fingerprint density at radius 3 is 2.25 bits per heavy atom. The number of aryl methyl sites for hydroxylation is 1. The molecule has 2 amide bonds. The SMILES string of the molecule is Cc1ccc[n+](C2=C(c3c(C(C)C)nn(-c4ccc(Cl)cc4)c3[O-])C(=O)N(c3ccccc3)C2=O)c1. The minimum Gasteiger partial charge on any atom is -0.858 e. The van der Waals surface area contributed by atoms with Gasteiger partial charge in [-0.15, -0.1) is 0 Å². The minimum absolute atomic E-state index is 0.0355. The molecule has 3 heterocycles. The van der Waals surface area contributed by atoms with Gasteiger partial charge in [0.2, 0.25) is 0 Å². The van der Waals surface area contributed by atoms with Crippen molar-refractivity contribution in [1.82, 2.24) is 9.78 Å². The van der Waals surface area contributed by atoms with Gasteiger partial charge >= 0.3 is 5.91 Å². The summed E-state index contributed by atoms with van der Waals surface area (Å²) in [5, 5.41) is 19.0. The molecule has 0 saturated heterocycles. The summed E-state index contributed by atoms with van der Waals surface area (Å²) < 4.78 is 2.87. The third kappa shape index (κ3) is 3.87. The summed E-state index contributed by atoms with van der Waals surface area (Å²) in [7, 11) is 0. The van der Waals surface area contributed by atoms with E-state index in [0.717, 1.165) is 10.5 Å². The number of halogens is 1. The highest BCUT2D eigenvalue weighted by molar-refractivity contribution is 6.53. The van der Waals surface area contributed by atoms with Crippen LogP contribution in [0.25, 0.3) is 17.0 Å². The second-order valence-electron chi connectivity index (χ2n) is 8.90. The number of hydrogen-bond acceptors (Lipinski definition) is 4. The molecule has 7 nitrogen and oxygen atoms in total. The Kier molecular flexibility index (Phi) is 5.94. The Morgan fingerprint density at radius 1 is 0.917 bits per heavy atom. The quantitative estimate of drug-likeness (QED) is 0.304. The lowest BCUT2D eigenvalue weighted by atomic mass is 9.98. The van der Waals surface area contributed by atoms with E-state index >= 15 is 0 Å². The molecule has 2 aromatic heterocycles. The fraction of sp³-hybridized carbons (Fsp3) is 0.143. The molecular formula is C28H23ClN4O3. The van der Waals surface area contributed by atoms with Gasteiger partial charge in [-0.25, -0.2) is 9.58 Å². The van der Waals surface area contributed by atoms with Gasteiger partial charge in [0.05, 0.1) is 17.1 Å². The molecule has 180 valence electrons. The maximum atomic E-state index is 13.9. The molecule has 2 aromatic carbocycles. The second-order valence-corrected chi connectivity index (χ2v) is 9.34. The molecule has 0 unspecified atom stereocenters. The molecule has 0 bridgehead atoms. The van der Waals surface area contributed by atoms with Crippen LogP contribution >= 0.6 is 11.6 Å². The standard InChI is InChI=1S/C28H23ClN4O3/c1-17(2)24-22(27(35)33(30-24)21-13-11-19(29)12-14-21)23-25(31-15-7-8-18(3)16-31)28(36)32(26(23)34)20-9-5-4-6-10-20/h4-17H,1-3H3. The number of hydrogen-bond donors (Lipinski definition) is 0. The molecule has 0 N–H and O–H groups in total. The molecule has 0 saturated carbocycles. The highest BCUT2D eigenvalue weighted by Crippen LogP contribution is 2.40. The first-order valence-electron chi connectivity index (χ1n) is 11.5. The van der Waals surface area contributed by atoms with Gasteiger partial charge in [-0.2, -0.15) is 9.67 Å². The zero-order chi connectivity index (χ0) is 25.6. The first-order valence-corrected chi connectivity index (χ1v) is 11.9. The van der Waals surface area contributed by atoms with Gasteiger partial charge in [-0.1, -0.05) is 43.6 Å². The Morgan fingerprint density at radius 2 is 1.61 bits per heavy atom. The lowest BCUT2D eigenvalue weighted by Crippen LogP contribution is -2.39. The third-order valence-corrected chi connectivity index (χ3v) is 6.27. The van der Waals surface area contributed by atoms with Crippen molar-refractivity contribution >= 4 is 40.4 Å². The molecule has 5 rings (SSSR count). The smallest absolute Gasteiger partial charge is 0.331 e. The molecule has 36 heavy (non-hydrogen) atoms. The van der Waals surface area contributed by atoms with Crippen molar-refractivity contribution in [3.8, 4) is 11.6 Å². The fourth-order valence-electron chi connectivity index (χ4n) is 4.34. The molecule has 0 atom stereocenters. The van der Waals surface area contributed by atoms with E-state index in [1.807, 2.05) is 32.9 Å². The van der Waals surface area contributed by atoms with Gasteiger partial charge in [0.25, 0.3) is 11.6 Å². The number of carbonyl (C=O) groups excluding carboxylic acids is 2. The van der Waals surface area contributed by atoms with E-state index in [-0.39, 0.29) is 22.8 Å². The van der Waals surface area contributed by atoms with Crippen molar-refractivity contribution in [3.63, 3.8) is 0 Å². The number of aromatic nitrogens is 3. The van der Waals surface area contributed by atoms with Gasteiger partial charge in [0.1, 0.15) is 5.57 Å². The summed E-state index contributed by atoms with van der Waals surface area (Å²) in [6.45, 7) is 5.69. The van der Waals surface area contributed by atoms with Crippen LogP contribution in [0.15, 0.2) is 79.1 Å². The predicted molar refractivity (Wildman–Crippen MR) is 136 cm³/mol. The molecule has 4 aromatic rings. The van der Waals surface area contributed by atoms with Gasteiger partial charge in [0, 0.05) is 22.2 Å². The van der Waals surface area contributed by atoms with Crippen LogP contribution in [0.4, 0.5) is 5.69 Å². The first-order chi connectivity index (χ1) is 17.3. The molecule has 8 heteroatoms. The zero-order valence-electron chi connectivity index (χ0n) is 20.0. The van der Waals surface area contributed by atoms with Gasteiger partial charge in [-0.05, 0) is 61.2 Å². The van der Waals surface area contributed by atoms with Gasteiger partial charge < -0.3 is 5.11 Å². The normalized spacial score (nSPS) is 13.9. The predicted octanol–water partition coefficient (Wildman–Crippen LogP) is 4.26. The number of benzene rings is 2. The number of para-hydroxylation sites is 1. The van der Waals surface area contributed by atoms with Crippen LogP contribution in [-0.2, 0) is 9.59 Å². The maximum absolute atomic E-state index is 13.9. The van der Waals surface area contributed by atoms with E-state index in [2.05, 4.69) is 5.10 Å². The molecule has 0 aliphatic carbocycles. The summed E-state index contributed by atoms with van der Waals surface area (Å²) in [5.74, 6) is -1.74. The van der Waals surface area contributed by atoms with E-state index in [1.165, 1.54) is 4.68 Å². The zero-order valence-corrected chi connectivity index (χ0v) is 20.7. The number of anilines is 1. The van der Waals surface area contributed by atoms with E-state index < -0.39 is 17.7 Å². The topological polar surface area (TPSA) is 82.1 Å². The van der Waals surface area contributed by atoms with Crippen molar-refractivity contribution < 1.29 is 19.3 Å². The Hall–Kier alpha value is -4.23. The van der Waals surface area contributed by atoms with Gasteiger partial charge in [-0.3, -0.25) is 9.59 Å². The number of rotatable bonds is 5. The Bertz CT molecular complexity index is 1520. The highest BCUT2D eigenvalue weighted by Gasteiger charge is 2.47. The number of pyridine rings is 1. The largest absolute Gasteiger partial charge is 0.858 e. The molecule has 0 spiro atoms. The first kappa shape index (κ1) is 23.5. The molecule has 1 aliphatic rings. The molecular weight excluding hydrogens is 476 g/mol. The number of imide groups is 1. The lowest BCUT2D eigenvalue weighted by Gasteiger charge is -2.16. The van der Waals surface area contributed by atoms with E-state index in [9.17, 15) is 14.7 Å². The maximum Gasteiger partial charge on any atom is 0.331 e. The van der Waals surface area contributed by atoms with Crippen LogP contribution in [0.2, 0.25) is 5.02 Å². The van der Waals surface area contributed by atoms with Crippen molar-refractivity contribution in [2.75, 3.05) is 4.90 Å². The van der Waals surface area contributed by atoms with Crippen molar-refractivity contribution in [1.29, 1.82) is 0 Å². The van der Waals surface area contributed by atoms with Crippen LogP contribution in [-0.4, -0.2) is 21.6 Å². The van der Waals surface area contributed by atoms with E-state index in [0.29, 0.717) is 22.1 Å². The highest BCUT2D eigenvalue weighted by atomic mass is 35.5. The van der Waals surface area contributed by atoms with Crippen LogP contribution < -0.4 is 14.6 Å². The summed E-state index contributed by atoms with van der Waals surface area (Å²) >= 11 is 6.03. The van der Waals surface area contributed by atoms with Crippen molar-refractivity contribution in [3.05, 3.63) is 101 Å².